The van der Waals surface area contributed by atoms with E-state index in [1.54, 1.807) is 24.3 Å². The average molecular weight is 416 g/mol. The topological polar surface area (TPSA) is 69.5 Å². The summed E-state index contributed by atoms with van der Waals surface area (Å²) >= 11 is 5.95. The third-order valence-corrected chi connectivity index (χ3v) is 5.01. The third-order valence-electron chi connectivity index (χ3n) is 4.76. The Bertz CT molecular complexity index is 1470. The van der Waals surface area contributed by atoms with E-state index in [9.17, 15) is 9.59 Å². The summed E-state index contributed by atoms with van der Waals surface area (Å²) in [5.74, 6) is 0.396. The highest BCUT2D eigenvalue weighted by Gasteiger charge is 2.22. The van der Waals surface area contributed by atoms with Gasteiger partial charge < -0.3 is 4.42 Å². The van der Waals surface area contributed by atoms with E-state index in [2.05, 4.69) is 4.98 Å². The molecule has 5 rings (SSSR count). The van der Waals surface area contributed by atoms with E-state index in [1.165, 1.54) is 4.40 Å². The van der Waals surface area contributed by atoms with Crippen molar-refractivity contribution in [1.82, 2.24) is 14.0 Å². The van der Waals surface area contributed by atoms with Crippen LogP contribution in [-0.4, -0.2) is 14.0 Å². The van der Waals surface area contributed by atoms with Crippen molar-refractivity contribution in [3.05, 3.63) is 111 Å². The van der Waals surface area contributed by atoms with E-state index in [1.807, 2.05) is 60.7 Å². The van der Waals surface area contributed by atoms with Crippen molar-refractivity contribution in [2.75, 3.05) is 0 Å². The monoisotopic (exact) mass is 415 g/mol. The molecule has 0 amide bonds. The fraction of sp³-hybridized carbons (Fsp3) is 0. The summed E-state index contributed by atoms with van der Waals surface area (Å²) in [5.41, 5.74) is 1.13. The van der Waals surface area contributed by atoms with Crippen molar-refractivity contribution in [3.63, 3.8) is 0 Å². The second-order valence-electron chi connectivity index (χ2n) is 6.62. The summed E-state index contributed by atoms with van der Waals surface area (Å²) in [5, 5.41) is 0.501. The van der Waals surface area contributed by atoms with Crippen LogP contribution in [0.2, 0.25) is 5.02 Å². The van der Waals surface area contributed by atoms with Gasteiger partial charge >= 0.3 is 17.2 Å². The number of rotatable bonds is 3. The number of aromatic nitrogens is 3. The maximum atomic E-state index is 13.5. The number of hydrogen-bond acceptors (Lipinski definition) is 4. The minimum atomic E-state index is -0.727. The minimum Gasteiger partial charge on any atom is -0.422 e. The summed E-state index contributed by atoms with van der Waals surface area (Å²) in [7, 11) is 0. The van der Waals surface area contributed by atoms with Gasteiger partial charge in [-0.2, -0.15) is 0 Å². The van der Waals surface area contributed by atoms with Gasteiger partial charge in [-0.25, -0.2) is 18.6 Å². The molecule has 6 nitrogen and oxygen atoms in total. The largest absolute Gasteiger partial charge is 0.422 e. The molecule has 30 heavy (non-hydrogen) atoms. The number of benzene rings is 3. The van der Waals surface area contributed by atoms with Gasteiger partial charge in [-0.15, -0.1) is 4.98 Å². The second-order valence-corrected chi connectivity index (χ2v) is 7.06. The lowest BCUT2D eigenvalue weighted by molar-refractivity contribution is 0.592. The molecule has 0 unspecified atom stereocenters. The fourth-order valence-electron chi connectivity index (χ4n) is 3.40. The quantitative estimate of drug-likeness (QED) is 0.437. The molecule has 0 aliphatic carbocycles. The molecule has 3 aromatic carbocycles. The van der Waals surface area contributed by atoms with E-state index in [0.29, 0.717) is 22.2 Å². The van der Waals surface area contributed by atoms with Gasteiger partial charge in [-0.3, -0.25) is 0 Å². The van der Waals surface area contributed by atoms with Crippen LogP contribution in [-0.2, 0) is 0 Å². The van der Waals surface area contributed by atoms with Crippen molar-refractivity contribution in [2.45, 2.75) is 0 Å². The van der Waals surface area contributed by atoms with E-state index < -0.39 is 11.4 Å². The van der Waals surface area contributed by atoms with Crippen molar-refractivity contribution in [2.24, 2.45) is 0 Å². The molecule has 0 spiro atoms. The molecule has 0 atom stereocenters. The zero-order chi connectivity index (χ0) is 20.7. The van der Waals surface area contributed by atoms with Crippen LogP contribution in [0, 0.1) is 0 Å². The normalized spacial score (nSPS) is 11.1. The van der Waals surface area contributed by atoms with Crippen LogP contribution in [0.1, 0.15) is 0 Å². The van der Waals surface area contributed by atoms with Crippen molar-refractivity contribution < 1.29 is 4.42 Å². The number of oxazole rings is 1. The highest BCUT2D eigenvalue weighted by atomic mass is 35.5. The number of nitrogens with zero attached hydrogens (tertiary/aromatic N) is 3. The van der Waals surface area contributed by atoms with Crippen LogP contribution in [0.3, 0.4) is 0 Å². The molecule has 2 aromatic heterocycles. The summed E-state index contributed by atoms with van der Waals surface area (Å²) in [6, 6.07) is 25.2. The Balaban J connectivity index is 1.90. The maximum Gasteiger partial charge on any atom is 0.360 e. The molecule has 0 bridgehead atoms. The van der Waals surface area contributed by atoms with Gasteiger partial charge in [0.05, 0.1) is 5.69 Å². The first-order valence-electron chi connectivity index (χ1n) is 9.19. The molecule has 0 aliphatic rings. The van der Waals surface area contributed by atoms with Gasteiger partial charge in [-0.1, -0.05) is 72.3 Å². The van der Waals surface area contributed by atoms with Gasteiger partial charge in [-0.05, 0) is 24.3 Å². The third kappa shape index (κ3) is 2.94. The van der Waals surface area contributed by atoms with Crippen LogP contribution in [0.4, 0.5) is 0 Å². The highest BCUT2D eigenvalue weighted by molar-refractivity contribution is 6.30. The molecule has 146 valence electrons. The lowest BCUT2D eigenvalue weighted by Crippen LogP contribution is -2.37. The van der Waals surface area contributed by atoms with Crippen LogP contribution >= 0.6 is 11.6 Å². The Kier molecular flexibility index (Phi) is 4.34. The van der Waals surface area contributed by atoms with Crippen LogP contribution in [0.5, 0.6) is 0 Å². The second kappa shape index (κ2) is 7.17. The first kappa shape index (κ1) is 18.1. The molecule has 2 heterocycles. The SMILES string of the molecule is O=c1nc2oc(-c3ccccc3)c(-c3ccccc3)n2c(=O)n1-c1ccc(Cl)cc1. The highest BCUT2D eigenvalue weighted by Crippen LogP contribution is 2.33. The van der Waals surface area contributed by atoms with E-state index in [4.69, 9.17) is 16.0 Å². The Hall–Kier alpha value is -3.90. The summed E-state index contributed by atoms with van der Waals surface area (Å²) in [6.07, 6.45) is 0. The first-order chi connectivity index (χ1) is 14.6. The molecule has 0 saturated carbocycles. The average Bonchev–Trinajstić information content (AvgIpc) is 3.16. The Morgan fingerprint density at radius 1 is 0.767 bits per heavy atom. The van der Waals surface area contributed by atoms with Crippen molar-refractivity contribution >= 4 is 17.4 Å². The van der Waals surface area contributed by atoms with Gasteiger partial charge in [0, 0.05) is 16.1 Å². The lowest BCUT2D eigenvalue weighted by Gasteiger charge is -2.06. The number of halogens is 1. The summed E-state index contributed by atoms with van der Waals surface area (Å²) < 4.78 is 8.26. The first-order valence-corrected chi connectivity index (χ1v) is 9.57. The minimum absolute atomic E-state index is 0.0621. The van der Waals surface area contributed by atoms with E-state index in [-0.39, 0.29) is 5.84 Å². The van der Waals surface area contributed by atoms with Crippen molar-refractivity contribution in [1.29, 1.82) is 0 Å². The molecular formula is C23H14ClN3O3. The standard InChI is InChI=1S/C23H14ClN3O3/c24-17-11-13-18(14-12-17)26-21(28)25-22-27(23(26)29)19(15-7-3-1-4-8-15)20(30-22)16-9-5-2-6-10-16/h1-14H. The maximum absolute atomic E-state index is 13.5. The Morgan fingerprint density at radius 2 is 1.37 bits per heavy atom. The Morgan fingerprint density at radius 3 is 2.00 bits per heavy atom. The Labute approximate surface area is 175 Å². The van der Waals surface area contributed by atoms with E-state index >= 15 is 0 Å². The van der Waals surface area contributed by atoms with Gasteiger partial charge in [0.2, 0.25) is 0 Å². The van der Waals surface area contributed by atoms with Crippen molar-refractivity contribution in [3.8, 4) is 28.3 Å². The molecule has 7 heteroatoms. The molecule has 5 aromatic rings. The van der Waals surface area contributed by atoms with Crippen LogP contribution < -0.4 is 11.4 Å². The number of hydrogen-bond donors (Lipinski definition) is 0. The molecule has 0 aliphatic heterocycles. The van der Waals surface area contributed by atoms with Crippen LogP contribution in [0.15, 0.2) is 98.9 Å². The molecule has 0 fully saturated rings. The predicted octanol–water partition coefficient (Wildman–Crippen LogP) is 4.43. The smallest absolute Gasteiger partial charge is 0.360 e. The van der Waals surface area contributed by atoms with Crippen LogP contribution in [0.25, 0.3) is 34.1 Å². The number of fused-ring (bicyclic) bond motifs is 1. The molecule has 0 radical (unpaired) electrons. The van der Waals surface area contributed by atoms with Gasteiger partial charge in [0.1, 0.15) is 5.69 Å². The fourth-order valence-corrected chi connectivity index (χ4v) is 3.52. The summed E-state index contributed by atoms with van der Waals surface area (Å²) in [6.45, 7) is 0. The molecular weight excluding hydrogens is 402 g/mol. The zero-order valence-electron chi connectivity index (χ0n) is 15.5. The lowest BCUT2D eigenvalue weighted by atomic mass is 10.1. The molecule has 0 saturated heterocycles. The molecule has 0 N–H and O–H groups in total. The zero-order valence-corrected chi connectivity index (χ0v) is 16.3. The summed E-state index contributed by atoms with van der Waals surface area (Å²) in [4.78, 5) is 30.2. The predicted molar refractivity (Wildman–Crippen MR) is 115 cm³/mol. The van der Waals surface area contributed by atoms with E-state index in [0.717, 1.165) is 15.7 Å². The van der Waals surface area contributed by atoms with Gasteiger partial charge in [0.25, 0.3) is 0 Å². The van der Waals surface area contributed by atoms with Gasteiger partial charge in [0.15, 0.2) is 5.76 Å².